The quantitative estimate of drug-likeness (QED) is 0.578. The number of anilines is 1. The van der Waals surface area contributed by atoms with Crippen molar-refractivity contribution in [2.24, 2.45) is 5.73 Å². The van der Waals surface area contributed by atoms with Crippen molar-refractivity contribution in [3.63, 3.8) is 0 Å². The Morgan fingerprint density at radius 3 is 2.30 bits per heavy atom. The number of carboxylic acids is 1. The Labute approximate surface area is 136 Å². The van der Waals surface area contributed by atoms with E-state index >= 15 is 0 Å². The second kappa shape index (κ2) is 6.00. The van der Waals surface area contributed by atoms with Gasteiger partial charge in [0.1, 0.15) is 0 Å². The van der Waals surface area contributed by atoms with E-state index in [0.717, 1.165) is 0 Å². The van der Waals surface area contributed by atoms with Crippen LogP contribution in [0.15, 0.2) is 23.7 Å². The highest BCUT2D eigenvalue weighted by Crippen LogP contribution is 2.38. The number of hydrogen-bond acceptors (Lipinski definition) is 5. The molecule has 5 N–H and O–H groups in total. The molecule has 1 fully saturated rings. The number of para-hydroxylation sites is 1. The van der Waals surface area contributed by atoms with Gasteiger partial charge >= 0.3 is 13.1 Å². The average Bonchev–Trinajstić information content (AvgIpc) is 2.65. The van der Waals surface area contributed by atoms with Crippen LogP contribution in [0.4, 0.5) is 5.69 Å². The summed E-state index contributed by atoms with van der Waals surface area (Å²) in [6.07, 6.45) is 1.74. The van der Waals surface area contributed by atoms with Crippen molar-refractivity contribution in [3.8, 4) is 0 Å². The van der Waals surface area contributed by atoms with E-state index in [-0.39, 0.29) is 17.8 Å². The average molecular weight is 318 g/mol. The molecule has 0 radical (unpaired) electrons. The Bertz CT molecular complexity index is 639. The van der Waals surface area contributed by atoms with Crippen LogP contribution in [-0.4, -0.2) is 35.9 Å². The first-order valence-corrected chi connectivity index (χ1v) is 7.47. The van der Waals surface area contributed by atoms with E-state index in [1.807, 2.05) is 27.7 Å². The first kappa shape index (κ1) is 17.5. The summed E-state index contributed by atoms with van der Waals surface area (Å²) < 4.78 is 12.0. The molecule has 1 aromatic rings. The van der Waals surface area contributed by atoms with Crippen LogP contribution in [0.25, 0.3) is 6.08 Å². The van der Waals surface area contributed by atoms with Crippen molar-refractivity contribution >= 4 is 24.9 Å². The van der Waals surface area contributed by atoms with Crippen molar-refractivity contribution in [3.05, 3.63) is 34.8 Å². The third-order valence-corrected chi connectivity index (χ3v) is 4.50. The van der Waals surface area contributed by atoms with Gasteiger partial charge in [0.2, 0.25) is 0 Å². The van der Waals surface area contributed by atoms with Crippen molar-refractivity contribution < 1.29 is 19.2 Å². The van der Waals surface area contributed by atoms with Crippen molar-refractivity contribution in [2.75, 3.05) is 12.3 Å². The van der Waals surface area contributed by atoms with Crippen LogP contribution in [0.5, 0.6) is 0 Å². The molecule has 1 heterocycles. The van der Waals surface area contributed by atoms with Gasteiger partial charge in [-0.25, -0.2) is 4.79 Å². The monoisotopic (exact) mass is 318 g/mol. The molecule has 0 unspecified atom stereocenters. The Kier molecular flexibility index (Phi) is 4.57. The minimum absolute atomic E-state index is 0.0593. The molecule has 0 saturated carbocycles. The molecule has 124 valence electrons. The zero-order valence-corrected chi connectivity index (χ0v) is 13.9. The van der Waals surface area contributed by atoms with E-state index in [9.17, 15) is 4.79 Å². The van der Waals surface area contributed by atoms with Crippen molar-refractivity contribution in [2.45, 2.75) is 38.9 Å². The van der Waals surface area contributed by atoms with E-state index in [1.54, 1.807) is 18.2 Å². The molecule has 0 bridgehead atoms. The van der Waals surface area contributed by atoms with E-state index in [1.165, 1.54) is 6.07 Å². The topological polar surface area (TPSA) is 108 Å². The molecule has 1 aliphatic heterocycles. The summed E-state index contributed by atoms with van der Waals surface area (Å²) in [5.74, 6) is -1.07. The normalized spacial score (nSPS) is 19.9. The fourth-order valence-corrected chi connectivity index (χ4v) is 2.31. The van der Waals surface area contributed by atoms with Crippen LogP contribution >= 0.6 is 0 Å². The number of rotatable bonds is 4. The number of benzene rings is 1. The predicted molar refractivity (Wildman–Crippen MR) is 90.9 cm³/mol. The van der Waals surface area contributed by atoms with Gasteiger partial charge in [0.15, 0.2) is 0 Å². The standard InChI is InChI=1S/C16H23BN2O4/c1-15(2)16(3,4)23-17(22-15)11(9-18)8-10-6-5-7-12(13(10)19)14(20)21/h5-8H,9,18-19H2,1-4H3,(H,20,21). The molecule has 0 amide bonds. The van der Waals surface area contributed by atoms with Crippen LogP contribution in [-0.2, 0) is 9.31 Å². The molecule has 0 atom stereocenters. The zero-order chi connectivity index (χ0) is 17.4. The van der Waals surface area contributed by atoms with Crippen LogP contribution in [0.1, 0.15) is 43.6 Å². The Balaban J connectivity index is 2.38. The van der Waals surface area contributed by atoms with Gasteiger partial charge in [-0.1, -0.05) is 18.2 Å². The maximum atomic E-state index is 11.2. The number of aromatic carboxylic acids is 1. The molecular formula is C16H23BN2O4. The van der Waals surface area contributed by atoms with Gasteiger partial charge in [-0.2, -0.15) is 0 Å². The van der Waals surface area contributed by atoms with Crippen LogP contribution in [0.3, 0.4) is 0 Å². The molecule has 0 spiro atoms. The largest absolute Gasteiger partial charge is 0.491 e. The van der Waals surface area contributed by atoms with Gasteiger partial charge in [0.05, 0.1) is 22.5 Å². The highest BCUT2D eigenvalue weighted by atomic mass is 16.7. The van der Waals surface area contributed by atoms with Crippen molar-refractivity contribution in [1.82, 2.24) is 0 Å². The van der Waals surface area contributed by atoms with Crippen LogP contribution < -0.4 is 11.5 Å². The van der Waals surface area contributed by atoms with Crippen LogP contribution in [0.2, 0.25) is 0 Å². The summed E-state index contributed by atoms with van der Waals surface area (Å²) in [6.45, 7) is 8.05. The highest BCUT2D eigenvalue weighted by Gasteiger charge is 2.52. The number of carboxylic acid groups (broad SMARTS) is 1. The molecule has 23 heavy (non-hydrogen) atoms. The zero-order valence-electron chi connectivity index (χ0n) is 13.9. The lowest BCUT2D eigenvalue weighted by atomic mass is 9.77. The molecule has 0 aliphatic carbocycles. The fraction of sp³-hybridized carbons (Fsp3) is 0.438. The smallest absolute Gasteiger partial charge is 0.478 e. The molecule has 0 aromatic heterocycles. The molecule has 2 rings (SSSR count). The number of nitrogen functional groups attached to an aromatic ring is 1. The first-order chi connectivity index (χ1) is 10.6. The Morgan fingerprint density at radius 2 is 1.83 bits per heavy atom. The van der Waals surface area contributed by atoms with Crippen molar-refractivity contribution in [1.29, 1.82) is 0 Å². The highest BCUT2D eigenvalue weighted by molar-refractivity contribution is 6.56. The van der Waals surface area contributed by atoms with E-state index in [2.05, 4.69) is 0 Å². The van der Waals surface area contributed by atoms with Gasteiger partial charge in [0.25, 0.3) is 0 Å². The molecule has 1 aliphatic rings. The third kappa shape index (κ3) is 3.27. The van der Waals surface area contributed by atoms with E-state index in [4.69, 9.17) is 25.9 Å². The minimum atomic E-state index is -1.07. The van der Waals surface area contributed by atoms with Gasteiger partial charge in [-0.05, 0) is 44.8 Å². The lowest BCUT2D eigenvalue weighted by Crippen LogP contribution is -2.41. The second-order valence-electron chi connectivity index (χ2n) is 6.63. The Hall–Kier alpha value is -1.83. The maximum absolute atomic E-state index is 11.2. The molecule has 1 saturated heterocycles. The number of nitrogens with two attached hydrogens (primary N) is 2. The van der Waals surface area contributed by atoms with E-state index in [0.29, 0.717) is 11.0 Å². The fourth-order valence-electron chi connectivity index (χ4n) is 2.31. The lowest BCUT2D eigenvalue weighted by Gasteiger charge is -2.32. The van der Waals surface area contributed by atoms with E-state index < -0.39 is 24.3 Å². The molecule has 1 aromatic carbocycles. The maximum Gasteiger partial charge on any atom is 0.491 e. The number of carbonyl (C=O) groups is 1. The summed E-state index contributed by atoms with van der Waals surface area (Å²) in [4.78, 5) is 11.2. The second-order valence-corrected chi connectivity index (χ2v) is 6.63. The molecule has 6 nitrogen and oxygen atoms in total. The summed E-state index contributed by atoms with van der Waals surface area (Å²) >= 11 is 0. The summed E-state index contributed by atoms with van der Waals surface area (Å²) in [5.41, 5.74) is 12.4. The van der Waals surface area contributed by atoms with Gasteiger partial charge < -0.3 is 25.9 Å². The predicted octanol–water partition coefficient (Wildman–Crippen LogP) is 1.94. The minimum Gasteiger partial charge on any atom is -0.478 e. The first-order valence-electron chi connectivity index (χ1n) is 7.47. The molecular weight excluding hydrogens is 295 g/mol. The SMILES string of the molecule is CC1(C)OB(C(=Cc2cccc(C(=O)O)c2N)CN)OC1(C)C. The Morgan fingerprint density at radius 1 is 1.26 bits per heavy atom. The third-order valence-electron chi connectivity index (χ3n) is 4.50. The summed E-state index contributed by atoms with van der Waals surface area (Å²) in [7, 11) is -0.585. The summed E-state index contributed by atoms with van der Waals surface area (Å²) in [6, 6.07) is 4.85. The summed E-state index contributed by atoms with van der Waals surface area (Å²) in [5, 5.41) is 9.16. The van der Waals surface area contributed by atoms with Gasteiger partial charge in [0, 0.05) is 6.54 Å². The van der Waals surface area contributed by atoms with Crippen LogP contribution in [0, 0.1) is 0 Å². The molecule has 7 heteroatoms. The lowest BCUT2D eigenvalue weighted by molar-refractivity contribution is 0.00578. The van der Waals surface area contributed by atoms with Gasteiger partial charge in [-0.15, -0.1) is 0 Å². The number of hydrogen-bond donors (Lipinski definition) is 3. The van der Waals surface area contributed by atoms with Gasteiger partial charge in [-0.3, -0.25) is 0 Å².